The van der Waals surface area contributed by atoms with Gasteiger partial charge < -0.3 is 5.73 Å². The van der Waals surface area contributed by atoms with Gasteiger partial charge in [0, 0.05) is 6.21 Å². The minimum atomic E-state index is -1.11. The van der Waals surface area contributed by atoms with E-state index in [1.807, 2.05) is 0 Å². The van der Waals surface area contributed by atoms with Crippen molar-refractivity contribution >= 4 is 35.8 Å². The first kappa shape index (κ1) is 6.99. The van der Waals surface area contributed by atoms with Crippen LogP contribution in [0.1, 0.15) is 0 Å². The molecule has 0 saturated heterocycles. The first-order valence-electron chi connectivity index (χ1n) is 2.31. The van der Waals surface area contributed by atoms with E-state index in [4.69, 9.17) is 28.9 Å². The summed E-state index contributed by atoms with van der Waals surface area (Å²) in [6.07, 6.45) is 2.68. The molecule has 1 aliphatic rings. The first-order valence-corrected chi connectivity index (χ1v) is 3.12. The van der Waals surface area contributed by atoms with Crippen molar-refractivity contribution in [2.45, 2.75) is 10.5 Å². The Labute approximate surface area is 62.6 Å². The second-order valence-electron chi connectivity index (χ2n) is 1.71. The molecule has 0 fully saturated rings. The summed E-state index contributed by atoms with van der Waals surface area (Å²) in [7, 11) is 0. The maximum Gasteiger partial charge on any atom is 0.163 e. The Bertz CT molecular complexity index is 163. The highest BCUT2D eigenvalue weighted by molar-refractivity contribution is 6.39. The van der Waals surface area contributed by atoms with Gasteiger partial charge in [0.05, 0.1) is 0 Å². The minimum Gasteiger partial charge on any atom is -0.305 e. The Morgan fingerprint density at radius 3 is 2.67 bits per heavy atom. The van der Waals surface area contributed by atoms with Gasteiger partial charge in [0.2, 0.25) is 0 Å². The zero-order valence-electron chi connectivity index (χ0n) is 4.46. The van der Waals surface area contributed by atoms with Crippen molar-refractivity contribution in [3.63, 3.8) is 0 Å². The molecule has 0 aromatic rings. The van der Waals surface area contributed by atoms with E-state index in [-0.39, 0.29) is 0 Å². The molecule has 0 radical (unpaired) electrons. The van der Waals surface area contributed by atoms with Crippen LogP contribution in [0.3, 0.4) is 0 Å². The highest BCUT2D eigenvalue weighted by atomic mass is 35.5. The third-order valence-electron chi connectivity index (χ3n) is 0.902. The molecule has 5 heteroatoms. The van der Waals surface area contributed by atoms with Crippen LogP contribution in [0, 0.1) is 0 Å². The van der Waals surface area contributed by atoms with E-state index in [0.29, 0.717) is 0 Å². The Morgan fingerprint density at radius 2 is 2.33 bits per heavy atom. The van der Waals surface area contributed by atoms with E-state index in [1.54, 1.807) is 0 Å². The normalized spacial score (nSPS) is 41.4. The van der Waals surface area contributed by atoms with Crippen LogP contribution in [0.2, 0.25) is 0 Å². The highest BCUT2D eigenvalue weighted by Crippen LogP contribution is 2.19. The van der Waals surface area contributed by atoms with Gasteiger partial charge in [-0.15, -0.1) is 0 Å². The monoisotopic (exact) mass is 165 g/mol. The molecule has 1 heterocycles. The predicted molar refractivity (Wildman–Crippen MR) is 39.4 cm³/mol. The molecule has 0 aromatic carbocycles. The average molecular weight is 166 g/mol. The van der Waals surface area contributed by atoms with E-state index in [9.17, 15) is 0 Å². The van der Waals surface area contributed by atoms with Crippen LogP contribution in [0.15, 0.2) is 9.98 Å². The summed E-state index contributed by atoms with van der Waals surface area (Å²) in [5.74, 6) is 0. The van der Waals surface area contributed by atoms with Crippen LogP contribution in [-0.4, -0.2) is 23.1 Å². The number of halogens is 2. The second-order valence-corrected chi connectivity index (χ2v) is 2.77. The molecular formula is C4H5Cl2N3. The van der Waals surface area contributed by atoms with E-state index in [1.165, 1.54) is 12.6 Å². The van der Waals surface area contributed by atoms with Gasteiger partial charge in [-0.2, -0.15) is 0 Å². The third-order valence-corrected chi connectivity index (χ3v) is 1.79. The van der Waals surface area contributed by atoms with E-state index < -0.39 is 10.5 Å². The van der Waals surface area contributed by atoms with Crippen LogP contribution in [-0.2, 0) is 0 Å². The molecule has 0 bridgehead atoms. The zero-order valence-corrected chi connectivity index (χ0v) is 5.97. The molecule has 0 saturated carbocycles. The van der Waals surface area contributed by atoms with Crippen molar-refractivity contribution in [1.82, 2.24) is 0 Å². The molecular weight excluding hydrogens is 161 g/mol. The van der Waals surface area contributed by atoms with Crippen molar-refractivity contribution in [2.24, 2.45) is 15.7 Å². The summed E-state index contributed by atoms with van der Waals surface area (Å²) in [4.78, 5) is 6.18. The maximum absolute atomic E-state index is 5.61. The summed E-state index contributed by atoms with van der Waals surface area (Å²) >= 11 is 11.2. The summed E-state index contributed by atoms with van der Waals surface area (Å²) in [6, 6.07) is 0. The summed E-state index contributed by atoms with van der Waals surface area (Å²) in [5, 5.41) is 0. The van der Waals surface area contributed by atoms with Gasteiger partial charge in [-0.25, -0.2) is 4.99 Å². The highest BCUT2D eigenvalue weighted by Gasteiger charge is 2.30. The number of hydrogen-bond donors (Lipinski definition) is 1. The molecule has 9 heavy (non-hydrogen) atoms. The van der Waals surface area contributed by atoms with Gasteiger partial charge in [0.1, 0.15) is 6.34 Å². The van der Waals surface area contributed by atoms with Crippen molar-refractivity contribution in [2.75, 3.05) is 0 Å². The molecule has 0 aliphatic carbocycles. The predicted octanol–water partition coefficient (Wildman–Crippen LogP) is 0.558. The van der Waals surface area contributed by atoms with Crippen LogP contribution in [0.5, 0.6) is 0 Å². The van der Waals surface area contributed by atoms with E-state index in [2.05, 4.69) is 9.98 Å². The fourth-order valence-corrected chi connectivity index (χ4v) is 0.640. The molecule has 1 rings (SSSR count). The van der Waals surface area contributed by atoms with Gasteiger partial charge >= 0.3 is 0 Å². The largest absolute Gasteiger partial charge is 0.305 e. The van der Waals surface area contributed by atoms with Crippen LogP contribution < -0.4 is 5.73 Å². The molecule has 50 valence electrons. The Morgan fingerprint density at radius 1 is 1.67 bits per heavy atom. The zero-order chi connectivity index (χ0) is 6.91. The number of alkyl halides is 2. The van der Waals surface area contributed by atoms with Crippen molar-refractivity contribution in [3.05, 3.63) is 0 Å². The van der Waals surface area contributed by atoms with Gasteiger partial charge in [0.25, 0.3) is 0 Å². The maximum atomic E-state index is 5.61. The Balaban J connectivity index is 2.78. The van der Waals surface area contributed by atoms with Gasteiger partial charge in [-0.1, -0.05) is 23.2 Å². The Kier molecular flexibility index (Phi) is 1.75. The molecule has 0 amide bonds. The number of nitrogens with two attached hydrogens (primary N) is 1. The SMILES string of the molecule is NC1(Cl)C=NC=NC1Cl. The number of nitrogens with zero attached hydrogens (tertiary/aromatic N) is 2. The molecule has 2 N–H and O–H groups in total. The average Bonchev–Trinajstić information content (AvgIpc) is 1.77. The van der Waals surface area contributed by atoms with Gasteiger partial charge in [0.15, 0.2) is 10.5 Å². The molecule has 1 aliphatic heterocycles. The summed E-state index contributed by atoms with van der Waals surface area (Å²) in [6.45, 7) is 0. The topological polar surface area (TPSA) is 50.7 Å². The van der Waals surface area contributed by atoms with Crippen LogP contribution >= 0.6 is 23.2 Å². The lowest BCUT2D eigenvalue weighted by atomic mass is 10.3. The quantitative estimate of drug-likeness (QED) is 0.414. The molecule has 3 nitrogen and oxygen atoms in total. The number of hydrogen-bond acceptors (Lipinski definition) is 3. The number of aliphatic imine (C=N–C) groups is 2. The lowest BCUT2D eigenvalue weighted by molar-refractivity contribution is 0.738. The smallest absolute Gasteiger partial charge is 0.163 e. The summed E-state index contributed by atoms with van der Waals surface area (Å²) in [5.41, 5.74) is 4.78. The lowest BCUT2D eigenvalue weighted by Crippen LogP contribution is -2.44. The lowest BCUT2D eigenvalue weighted by Gasteiger charge is -2.20. The Hall–Kier alpha value is -0.120. The molecule has 2 atom stereocenters. The third kappa shape index (κ3) is 1.41. The molecule has 2 unspecified atom stereocenters. The standard InChI is InChI=1S/C4H5Cl2N3/c5-3-4(6,7)1-8-2-9-3/h1-3H,7H2. The van der Waals surface area contributed by atoms with Gasteiger partial charge in [-0.05, 0) is 0 Å². The first-order chi connectivity index (χ1) is 4.13. The summed E-state index contributed by atoms with van der Waals surface area (Å²) < 4.78 is 0. The van der Waals surface area contributed by atoms with E-state index >= 15 is 0 Å². The molecule has 0 aromatic heterocycles. The van der Waals surface area contributed by atoms with Crippen molar-refractivity contribution in [3.8, 4) is 0 Å². The van der Waals surface area contributed by atoms with Crippen LogP contribution in [0.25, 0.3) is 0 Å². The molecule has 0 spiro atoms. The van der Waals surface area contributed by atoms with Crippen molar-refractivity contribution < 1.29 is 0 Å². The second kappa shape index (κ2) is 2.25. The number of rotatable bonds is 0. The van der Waals surface area contributed by atoms with E-state index in [0.717, 1.165) is 0 Å². The van der Waals surface area contributed by atoms with Gasteiger partial charge in [-0.3, -0.25) is 4.99 Å². The fourth-order valence-electron chi connectivity index (χ4n) is 0.420. The van der Waals surface area contributed by atoms with Crippen molar-refractivity contribution in [1.29, 1.82) is 0 Å². The minimum absolute atomic E-state index is 0.614. The fraction of sp³-hybridized carbons (Fsp3) is 0.500. The van der Waals surface area contributed by atoms with Crippen LogP contribution in [0.4, 0.5) is 0 Å².